The van der Waals surface area contributed by atoms with Gasteiger partial charge < -0.3 is 24.8 Å². The SMILES string of the molecule is CN1CCC[C@H]1COc1nc(N2CC3CCC(C2)N3)c2c(c1C#N)CN(c1cccc3cccc(Cl)c13)CC2. The Bertz CT molecular complexity index is 1440. The number of likely N-dealkylation sites (tertiary alicyclic amines) is 1. The number of hydrogen-bond acceptors (Lipinski definition) is 7. The molecule has 1 N–H and O–H groups in total. The lowest BCUT2D eigenvalue weighted by molar-refractivity contribution is 0.192. The van der Waals surface area contributed by atoms with Crippen molar-refractivity contribution < 1.29 is 4.74 Å². The van der Waals surface area contributed by atoms with Gasteiger partial charge >= 0.3 is 0 Å². The van der Waals surface area contributed by atoms with Crippen LogP contribution in [0, 0.1) is 11.3 Å². The number of hydrogen-bond donors (Lipinski definition) is 1. The monoisotopic (exact) mass is 542 g/mol. The van der Waals surface area contributed by atoms with Gasteiger partial charge in [0.05, 0.1) is 5.02 Å². The van der Waals surface area contributed by atoms with Gasteiger partial charge in [-0.15, -0.1) is 0 Å². The second-order valence-electron chi connectivity index (χ2n) is 11.6. The highest BCUT2D eigenvalue weighted by molar-refractivity contribution is 6.36. The van der Waals surface area contributed by atoms with E-state index in [0.29, 0.717) is 42.7 Å². The van der Waals surface area contributed by atoms with Crippen LogP contribution in [0.2, 0.25) is 5.02 Å². The van der Waals surface area contributed by atoms with Gasteiger partial charge in [0.15, 0.2) is 0 Å². The van der Waals surface area contributed by atoms with E-state index in [1.54, 1.807) is 0 Å². The normalized spacial score (nSPS) is 24.7. The fourth-order valence-electron chi connectivity index (χ4n) is 7.15. The van der Waals surface area contributed by atoms with E-state index in [0.717, 1.165) is 71.9 Å². The molecule has 4 aliphatic heterocycles. The Hall–Kier alpha value is -3.05. The molecule has 8 heteroatoms. The Morgan fingerprint density at radius 3 is 2.59 bits per heavy atom. The first-order valence-corrected chi connectivity index (χ1v) is 14.7. The maximum atomic E-state index is 10.4. The van der Waals surface area contributed by atoms with E-state index in [2.05, 4.69) is 57.4 Å². The molecule has 39 heavy (non-hydrogen) atoms. The first kappa shape index (κ1) is 25.0. The molecule has 2 bridgehead atoms. The van der Waals surface area contributed by atoms with E-state index in [1.807, 2.05) is 12.1 Å². The van der Waals surface area contributed by atoms with Crippen LogP contribution in [0.15, 0.2) is 36.4 Å². The van der Waals surface area contributed by atoms with E-state index < -0.39 is 0 Å². The largest absolute Gasteiger partial charge is 0.475 e. The van der Waals surface area contributed by atoms with Crippen LogP contribution in [-0.2, 0) is 13.0 Å². The van der Waals surface area contributed by atoms with Gasteiger partial charge in [0.2, 0.25) is 5.88 Å². The van der Waals surface area contributed by atoms with Crippen LogP contribution in [0.4, 0.5) is 11.5 Å². The number of aromatic nitrogens is 1. The third-order valence-electron chi connectivity index (χ3n) is 9.22. The number of benzene rings is 2. The molecular formula is C31H35ClN6O. The number of fused-ring (bicyclic) bond motifs is 4. The standard InChI is InChI=1S/C31H35ClN6O/c1-36-13-4-7-23(36)19-39-31-25(15-33)26-18-37(28-9-3-6-20-5-2-8-27(32)29(20)28)14-12-24(26)30(35-31)38-16-21-10-11-22(17-38)34-21/h2-3,5-6,8-9,21-23,34H,4,7,10-14,16-19H2,1H3/t21?,22?,23-/m0/s1. The minimum atomic E-state index is 0.363. The number of rotatable bonds is 5. The van der Waals surface area contributed by atoms with Gasteiger partial charge in [-0.3, -0.25) is 0 Å². The Balaban J connectivity index is 1.29. The van der Waals surface area contributed by atoms with Crippen LogP contribution in [0.1, 0.15) is 42.4 Å². The average Bonchev–Trinajstić information content (AvgIpc) is 3.53. The number of anilines is 2. The number of halogens is 1. The van der Waals surface area contributed by atoms with Crippen LogP contribution in [0.5, 0.6) is 5.88 Å². The quantitative estimate of drug-likeness (QED) is 0.499. The van der Waals surface area contributed by atoms with E-state index >= 15 is 0 Å². The highest BCUT2D eigenvalue weighted by Crippen LogP contribution is 2.40. The number of nitrogens with one attached hydrogen (secondary N) is 1. The van der Waals surface area contributed by atoms with Gasteiger partial charge in [0.25, 0.3) is 0 Å². The summed E-state index contributed by atoms with van der Waals surface area (Å²) in [6, 6.07) is 16.3. The van der Waals surface area contributed by atoms with Gasteiger partial charge in [-0.25, -0.2) is 0 Å². The molecule has 3 aromatic rings. The summed E-state index contributed by atoms with van der Waals surface area (Å²) in [6.45, 7) is 5.05. The lowest BCUT2D eigenvalue weighted by Gasteiger charge is -2.38. The second-order valence-corrected chi connectivity index (χ2v) is 12.0. The van der Waals surface area contributed by atoms with Gasteiger partial charge in [-0.1, -0.05) is 35.9 Å². The van der Waals surface area contributed by atoms with Gasteiger partial charge in [0.1, 0.15) is 24.1 Å². The minimum Gasteiger partial charge on any atom is -0.475 e. The molecule has 5 heterocycles. The summed E-state index contributed by atoms with van der Waals surface area (Å²) in [5.74, 6) is 1.52. The van der Waals surface area contributed by atoms with Crippen molar-refractivity contribution in [1.29, 1.82) is 5.26 Å². The highest BCUT2D eigenvalue weighted by atomic mass is 35.5. The molecule has 0 aliphatic carbocycles. The summed E-state index contributed by atoms with van der Waals surface area (Å²) < 4.78 is 6.42. The highest BCUT2D eigenvalue weighted by Gasteiger charge is 2.36. The number of nitriles is 1. The topological polar surface area (TPSA) is 67.7 Å². The fraction of sp³-hybridized carbons (Fsp3) is 0.484. The molecule has 202 valence electrons. The Morgan fingerprint density at radius 1 is 1.05 bits per heavy atom. The predicted octanol–water partition coefficient (Wildman–Crippen LogP) is 4.74. The lowest BCUT2D eigenvalue weighted by Crippen LogP contribution is -2.52. The number of nitrogens with zero attached hydrogens (tertiary/aromatic N) is 5. The average molecular weight is 543 g/mol. The molecule has 0 saturated carbocycles. The van der Waals surface area contributed by atoms with Crippen LogP contribution >= 0.6 is 11.6 Å². The molecule has 1 aromatic heterocycles. The summed E-state index contributed by atoms with van der Waals surface area (Å²) in [6.07, 6.45) is 5.56. The molecule has 7 nitrogen and oxygen atoms in total. The number of pyridine rings is 1. The zero-order chi connectivity index (χ0) is 26.5. The van der Waals surface area contributed by atoms with E-state index in [9.17, 15) is 5.26 Å². The van der Waals surface area contributed by atoms with Crippen molar-refractivity contribution >= 4 is 33.9 Å². The molecule has 4 aliphatic rings. The Labute approximate surface area is 235 Å². The van der Waals surface area contributed by atoms with Gasteiger partial charge in [-0.05, 0) is 63.2 Å². The van der Waals surface area contributed by atoms with E-state index in [-0.39, 0.29) is 0 Å². The molecule has 0 amide bonds. The summed E-state index contributed by atoms with van der Waals surface area (Å²) in [7, 11) is 2.15. The molecule has 0 spiro atoms. The third-order valence-corrected chi connectivity index (χ3v) is 9.54. The van der Waals surface area contributed by atoms with Crippen LogP contribution in [0.25, 0.3) is 10.8 Å². The van der Waals surface area contributed by atoms with E-state index in [1.165, 1.54) is 24.8 Å². The molecule has 0 radical (unpaired) electrons. The van der Waals surface area contributed by atoms with Gasteiger partial charge in [-0.2, -0.15) is 10.2 Å². The van der Waals surface area contributed by atoms with Gasteiger partial charge in [0, 0.05) is 66.5 Å². The number of likely N-dealkylation sites (N-methyl/N-ethyl adjacent to an activating group) is 1. The molecule has 2 unspecified atom stereocenters. The van der Waals surface area contributed by atoms with Crippen molar-refractivity contribution in [2.75, 3.05) is 49.6 Å². The molecular weight excluding hydrogens is 508 g/mol. The Morgan fingerprint density at radius 2 is 1.85 bits per heavy atom. The smallest absolute Gasteiger partial charge is 0.234 e. The predicted molar refractivity (Wildman–Crippen MR) is 156 cm³/mol. The molecule has 2 aromatic carbocycles. The second kappa shape index (κ2) is 10.2. The van der Waals surface area contributed by atoms with Crippen molar-refractivity contribution in [3.63, 3.8) is 0 Å². The maximum absolute atomic E-state index is 10.4. The zero-order valence-corrected chi connectivity index (χ0v) is 23.3. The van der Waals surface area contributed by atoms with Crippen molar-refractivity contribution in [3.05, 3.63) is 58.1 Å². The lowest BCUT2D eigenvalue weighted by atomic mass is 9.94. The maximum Gasteiger partial charge on any atom is 0.234 e. The third kappa shape index (κ3) is 4.49. The Kier molecular flexibility index (Phi) is 6.50. The number of piperazine rings is 1. The molecule has 3 atom stereocenters. The summed E-state index contributed by atoms with van der Waals surface area (Å²) in [5.41, 5.74) is 3.96. The van der Waals surface area contributed by atoms with Crippen LogP contribution < -0.4 is 19.9 Å². The van der Waals surface area contributed by atoms with Crippen LogP contribution in [0.3, 0.4) is 0 Å². The zero-order valence-electron chi connectivity index (χ0n) is 22.5. The summed E-state index contributed by atoms with van der Waals surface area (Å²) >= 11 is 6.72. The van der Waals surface area contributed by atoms with Crippen molar-refractivity contribution in [2.24, 2.45) is 0 Å². The molecule has 3 saturated heterocycles. The first-order chi connectivity index (χ1) is 19.1. The van der Waals surface area contributed by atoms with Crippen molar-refractivity contribution in [1.82, 2.24) is 15.2 Å². The van der Waals surface area contributed by atoms with Crippen LogP contribution in [-0.4, -0.2) is 67.8 Å². The summed E-state index contributed by atoms with van der Waals surface area (Å²) in [4.78, 5) is 12.3. The van der Waals surface area contributed by atoms with Crippen molar-refractivity contribution in [2.45, 2.75) is 56.8 Å². The minimum absolute atomic E-state index is 0.363. The molecule has 7 rings (SSSR count). The van der Waals surface area contributed by atoms with Crippen molar-refractivity contribution in [3.8, 4) is 11.9 Å². The number of ether oxygens (including phenoxy) is 1. The van der Waals surface area contributed by atoms with E-state index in [4.69, 9.17) is 21.3 Å². The summed E-state index contributed by atoms with van der Waals surface area (Å²) in [5, 5.41) is 17.1. The molecule has 3 fully saturated rings. The first-order valence-electron chi connectivity index (χ1n) is 14.3. The fourth-order valence-corrected chi connectivity index (χ4v) is 7.43.